The van der Waals surface area contributed by atoms with Crippen LogP contribution in [-0.2, 0) is 11.3 Å². The van der Waals surface area contributed by atoms with Gasteiger partial charge in [0.15, 0.2) is 6.61 Å². The molecule has 2 aromatic rings. The Balaban J connectivity index is 1.37. The molecule has 30 heavy (non-hydrogen) atoms. The van der Waals surface area contributed by atoms with Gasteiger partial charge in [-0.15, -0.1) is 0 Å². The quantitative estimate of drug-likeness (QED) is 0.650. The van der Waals surface area contributed by atoms with Crippen molar-refractivity contribution in [2.24, 2.45) is 5.92 Å². The van der Waals surface area contributed by atoms with Gasteiger partial charge >= 0.3 is 0 Å². The summed E-state index contributed by atoms with van der Waals surface area (Å²) >= 11 is 0. The van der Waals surface area contributed by atoms with Crippen LogP contribution in [0.3, 0.4) is 0 Å². The van der Waals surface area contributed by atoms with Crippen molar-refractivity contribution in [3.05, 3.63) is 41.3 Å². The molecule has 2 aliphatic rings. The van der Waals surface area contributed by atoms with E-state index in [2.05, 4.69) is 25.6 Å². The first-order chi connectivity index (χ1) is 14.5. The van der Waals surface area contributed by atoms with Crippen LogP contribution in [0.5, 0.6) is 5.88 Å². The van der Waals surface area contributed by atoms with Crippen molar-refractivity contribution in [3.63, 3.8) is 0 Å². The number of rotatable bonds is 9. The summed E-state index contributed by atoms with van der Waals surface area (Å²) in [6, 6.07) is 3.28. The lowest BCUT2D eigenvalue weighted by molar-refractivity contribution is -0.117. The second-order valence-corrected chi connectivity index (χ2v) is 7.43. The molecule has 8 nitrogen and oxygen atoms in total. The van der Waals surface area contributed by atoms with Gasteiger partial charge in [-0.2, -0.15) is 0 Å². The number of nitrogens with zero attached hydrogens (tertiary/aromatic N) is 3. The van der Waals surface area contributed by atoms with Gasteiger partial charge in [0.1, 0.15) is 5.69 Å². The summed E-state index contributed by atoms with van der Waals surface area (Å²) in [6.07, 6.45) is 3.96. The Kier molecular flexibility index (Phi) is 5.82. The molecule has 0 aliphatic heterocycles. The number of ether oxygens (including phenoxy) is 1. The molecule has 0 unspecified atom stereocenters. The molecule has 0 aromatic carbocycles. The van der Waals surface area contributed by atoms with E-state index in [0.717, 1.165) is 36.8 Å². The summed E-state index contributed by atoms with van der Waals surface area (Å²) in [7, 11) is 0. The molecule has 2 heterocycles. The number of hydrogen-bond donors (Lipinski definition) is 2. The first kappa shape index (κ1) is 20.1. The summed E-state index contributed by atoms with van der Waals surface area (Å²) in [5.41, 5.74) is 1.64. The summed E-state index contributed by atoms with van der Waals surface area (Å²) in [5, 5.41) is 5.35. The second-order valence-electron chi connectivity index (χ2n) is 7.43. The maximum absolute atomic E-state index is 12.4. The molecule has 0 spiro atoms. The van der Waals surface area contributed by atoms with Crippen LogP contribution < -0.4 is 15.4 Å². The van der Waals surface area contributed by atoms with Crippen LogP contribution in [0.25, 0.3) is 0 Å². The van der Waals surface area contributed by atoms with E-state index >= 15 is 0 Å². The van der Waals surface area contributed by atoms with Gasteiger partial charge in [-0.25, -0.2) is 23.7 Å². The third-order valence-corrected chi connectivity index (χ3v) is 4.82. The molecule has 0 atom stereocenters. The van der Waals surface area contributed by atoms with E-state index in [4.69, 9.17) is 4.74 Å². The lowest BCUT2D eigenvalue weighted by atomic mass is 10.1. The summed E-state index contributed by atoms with van der Waals surface area (Å²) in [5.74, 6) is 0.00964. The molecule has 2 fully saturated rings. The number of anilines is 1. The van der Waals surface area contributed by atoms with Gasteiger partial charge < -0.3 is 10.1 Å². The zero-order chi connectivity index (χ0) is 21.1. The van der Waals surface area contributed by atoms with E-state index in [0.29, 0.717) is 0 Å². The molecule has 2 aromatic heterocycles. The number of halogens is 2. The number of alkyl halides is 2. The fraction of sp³-hybridized carbons (Fsp3) is 0.450. The van der Waals surface area contributed by atoms with Crippen molar-refractivity contribution in [3.8, 4) is 5.88 Å². The Hall–Kier alpha value is -3.17. The number of amides is 2. The van der Waals surface area contributed by atoms with Crippen molar-refractivity contribution in [1.29, 1.82) is 0 Å². The van der Waals surface area contributed by atoms with Gasteiger partial charge in [0, 0.05) is 30.4 Å². The lowest BCUT2D eigenvalue weighted by Gasteiger charge is -2.12. The second kappa shape index (κ2) is 8.68. The summed E-state index contributed by atoms with van der Waals surface area (Å²) < 4.78 is 30.0. The number of nitrogens with one attached hydrogen (secondary N) is 2. The van der Waals surface area contributed by atoms with Crippen LogP contribution in [0.2, 0.25) is 0 Å². The molecular formula is C20H21F2N5O3. The molecular weight excluding hydrogens is 396 g/mol. The summed E-state index contributed by atoms with van der Waals surface area (Å²) in [4.78, 5) is 36.5. The Labute approximate surface area is 171 Å². The van der Waals surface area contributed by atoms with Crippen LogP contribution in [0, 0.1) is 5.92 Å². The van der Waals surface area contributed by atoms with E-state index in [1.807, 2.05) is 6.07 Å². The predicted molar refractivity (Wildman–Crippen MR) is 102 cm³/mol. The average molecular weight is 417 g/mol. The molecule has 0 saturated heterocycles. The highest BCUT2D eigenvalue weighted by molar-refractivity contribution is 5.94. The van der Waals surface area contributed by atoms with Gasteiger partial charge in [0.05, 0.1) is 0 Å². The molecule has 4 rings (SSSR count). The largest absolute Gasteiger partial charge is 0.471 e. The average Bonchev–Trinajstić information content (AvgIpc) is 3.63. The lowest BCUT2D eigenvalue weighted by Crippen LogP contribution is -2.25. The standard InChI is InChI=1S/C20H21F2N5O3/c21-16(22)10-30-19-14(12-1-2-12)7-11(9-25-19)8-24-18(29)15-5-6-23-20(26-15)27-17(28)13-3-4-13/h5-7,9,12-13,16H,1-4,8,10H2,(H,24,29)(H,23,26,27,28). The number of hydrogen-bond acceptors (Lipinski definition) is 6. The highest BCUT2D eigenvalue weighted by Gasteiger charge is 2.30. The van der Waals surface area contributed by atoms with Crippen LogP contribution >= 0.6 is 0 Å². The van der Waals surface area contributed by atoms with Gasteiger partial charge in [-0.3, -0.25) is 14.9 Å². The fourth-order valence-electron chi connectivity index (χ4n) is 2.94. The van der Waals surface area contributed by atoms with Crippen LogP contribution in [0.1, 0.15) is 53.2 Å². The van der Waals surface area contributed by atoms with E-state index in [1.54, 1.807) is 0 Å². The van der Waals surface area contributed by atoms with Crippen molar-refractivity contribution >= 4 is 17.8 Å². The minimum atomic E-state index is -2.57. The number of pyridine rings is 1. The fourth-order valence-corrected chi connectivity index (χ4v) is 2.94. The molecule has 2 amide bonds. The summed E-state index contributed by atoms with van der Waals surface area (Å²) in [6.45, 7) is -0.509. The molecule has 2 aliphatic carbocycles. The zero-order valence-corrected chi connectivity index (χ0v) is 16.1. The Morgan fingerprint density at radius 3 is 2.70 bits per heavy atom. The smallest absolute Gasteiger partial charge is 0.272 e. The van der Waals surface area contributed by atoms with Crippen molar-refractivity contribution in [2.45, 2.75) is 44.6 Å². The normalized spacial score (nSPS) is 15.7. The Morgan fingerprint density at radius 1 is 1.20 bits per heavy atom. The first-order valence-corrected chi connectivity index (χ1v) is 9.81. The molecule has 2 N–H and O–H groups in total. The Morgan fingerprint density at radius 2 is 2.00 bits per heavy atom. The van der Waals surface area contributed by atoms with Gasteiger partial charge in [-0.05, 0) is 49.3 Å². The van der Waals surface area contributed by atoms with Crippen LogP contribution in [0.15, 0.2) is 24.5 Å². The van der Waals surface area contributed by atoms with Gasteiger partial charge in [0.2, 0.25) is 17.7 Å². The molecule has 158 valence electrons. The highest BCUT2D eigenvalue weighted by Crippen LogP contribution is 2.43. The van der Waals surface area contributed by atoms with Crippen LogP contribution in [-0.4, -0.2) is 39.8 Å². The maximum atomic E-state index is 12.4. The van der Waals surface area contributed by atoms with E-state index in [9.17, 15) is 18.4 Å². The highest BCUT2D eigenvalue weighted by atomic mass is 19.3. The van der Waals surface area contributed by atoms with E-state index < -0.39 is 18.9 Å². The van der Waals surface area contributed by atoms with Crippen molar-refractivity contribution in [2.75, 3.05) is 11.9 Å². The monoisotopic (exact) mass is 417 g/mol. The van der Waals surface area contributed by atoms with Gasteiger partial charge in [0.25, 0.3) is 12.3 Å². The number of carbonyl (C=O) groups excluding carboxylic acids is 2. The minimum Gasteiger partial charge on any atom is -0.471 e. The third kappa shape index (κ3) is 5.25. The number of carbonyl (C=O) groups is 2. The topological polar surface area (TPSA) is 106 Å². The van der Waals surface area contributed by atoms with Crippen LogP contribution in [0.4, 0.5) is 14.7 Å². The third-order valence-electron chi connectivity index (χ3n) is 4.82. The molecule has 0 bridgehead atoms. The van der Waals surface area contributed by atoms with Crippen molar-refractivity contribution in [1.82, 2.24) is 20.3 Å². The molecule has 10 heteroatoms. The molecule has 2 saturated carbocycles. The van der Waals surface area contributed by atoms with E-state index in [1.165, 1.54) is 18.5 Å². The maximum Gasteiger partial charge on any atom is 0.272 e. The van der Waals surface area contributed by atoms with Gasteiger partial charge in [-0.1, -0.05) is 0 Å². The number of aromatic nitrogens is 3. The van der Waals surface area contributed by atoms with Crippen molar-refractivity contribution < 1.29 is 23.1 Å². The van der Waals surface area contributed by atoms with E-state index in [-0.39, 0.29) is 41.8 Å². The zero-order valence-electron chi connectivity index (χ0n) is 16.1. The molecule has 0 radical (unpaired) electrons. The SMILES string of the molecule is O=C(NCc1cnc(OCC(F)F)c(C2CC2)c1)c1ccnc(NC(=O)C2CC2)n1. The predicted octanol–water partition coefficient (Wildman–Crippen LogP) is 2.67. The minimum absolute atomic E-state index is 0.00638. The first-order valence-electron chi connectivity index (χ1n) is 9.81. The Bertz CT molecular complexity index is 948.